The van der Waals surface area contributed by atoms with Crippen LogP contribution in [-0.2, 0) is 0 Å². The summed E-state index contributed by atoms with van der Waals surface area (Å²) in [6.45, 7) is 1.84. The van der Waals surface area contributed by atoms with Gasteiger partial charge in [-0.25, -0.2) is 9.97 Å². The van der Waals surface area contributed by atoms with Crippen LogP contribution in [0.1, 0.15) is 28.5 Å². The molecule has 0 fully saturated rings. The van der Waals surface area contributed by atoms with Crippen molar-refractivity contribution in [2.24, 2.45) is 0 Å². The van der Waals surface area contributed by atoms with Gasteiger partial charge in [0.15, 0.2) is 0 Å². The van der Waals surface area contributed by atoms with Gasteiger partial charge < -0.3 is 11.1 Å². The fraction of sp³-hybridized carbons (Fsp3) is 0.182. The van der Waals surface area contributed by atoms with Crippen LogP contribution < -0.4 is 11.1 Å². The van der Waals surface area contributed by atoms with Crippen LogP contribution >= 0.6 is 22.9 Å². The number of anilines is 1. The lowest BCUT2D eigenvalue weighted by Gasteiger charge is -2.11. The van der Waals surface area contributed by atoms with E-state index < -0.39 is 0 Å². The number of nitrogens with one attached hydrogen (secondary N) is 1. The fourth-order valence-corrected chi connectivity index (χ4v) is 2.23. The molecule has 2 heterocycles. The Kier molecular flexibility index (Phi) is 3.78. The zero-order valence-corrected chi connectivity index (χ0v) is 11.1. The predicted octanol–water partition coefficient (Wildman–Crippen LogP) is 2.26. The number of nitrogens with two attached hydrogens (primary N) is 1. The van der Waals surface area contributed by atoms with Gasteiger partial charge in [0.1, 0.15) is 16.5 Å². The van der Waals surface area contributed by atoms with Crippen LogP contribution in [0.4, 0.5) is 5.82 Å². The van der Waals surface area contributed by atoms with E-state index in [0.717, 1.165) is 5.01 Å². The number of nitrogens with zero attached hydrogens (tertiary/aromatic N) is 2. The highest BCUT2D eigenvalue weighted by Gasteiger charge is 2.17. The average Bonchev–Trinajstić information content (AvgIpc) is 2.85. The third kappa shape index (κ3) is 2.77. The average molecular weight is 283 g/mol. The molecule has 1 atom stereocenters. The van der Waals surface area contributed by atoms with Crippen LogP contribution in [0, 0.1) is 0 Å². The Balaban J connectivity index is 2.15. The number of hydrogen-bond acceptors (Lipinski definition) is 5. The highest BCUT2D eigenvalue weighted by atomic mass is 35.5. The van der Waals surface area contributed by atoms with Crippen LogP contribution in [0.3, 0.4) is 0 Å². The summed E-state index contributed by atoms with van der Waals surface area (Å²) in [5.41, 5.74) is 5.66. The molecular weight excluding hydrogens is 272 g/mol. The third-order valence-electron chi connectivity index (χ3n) is 2.25. The third-order valence-corrected chi connectivity index (χ3v) is 3.52. The van der Waals surface area contributed by atoms with Gasteiger partial charge in [-0.2, -0.15) is 0 Å². The number of amides is 1. The standard InChI is InChI=1S/C11H11ClN4OS/c1-6(11-14-4-5-18-11)15-10(17)9-7(12)2-3-8(13)16-9/h2-6H,1H3,(H2,13,16)(H,15,17). The van der Waals surface area contributed by atoms with E-state index in [9.17, 15) is 4.79 Å². The number of halogens is 1. The van der Waals surface area contributed by atoms with Crippen LogP contribution in [0.25, 0.3) is 0 Å². The molecule has 0 aliphatic rings. The minimum absolute atomic E-state index is 0.125. The van der Waals surface area contributed by atoms with Crippen LogP contribution in [0.5, 0.6) is 0 Å². The molecule has 0 aliphatic heterocycles. The number of aromatic nitrogens is 2. The van der Waals surface area contributed by atoms with Gasteiger partial charge >= 0.3 is 0 Å². The van der Waals surface area contributed by atoms with Gasteiger partial charge in [-0.05, 0) is 19.1 Å². The Morgan fingerprint density at radius 2 is 2.33 bits per heavy atom. The van der Waals surface area contributed by atoms with E-state index in [1.165, 1.54) is 11.3 Å². The lowest BCUT2D eigenvalue weighted by molar-refractivity contribution is 0.0935. The maximum absolute atomic E-state index is 12.0. The SMILES string of the molecule is CC(NC(=O)c1nc(N)ccc1Cl)c1nccs1. The number of carbonyl (C=O) groups is 1. The molecule has 0 bridgehead atoms. The molecule has 7 heteroatoms. The Morgan fingerprint density at radius 1 is 1.56 bits per heavy atom. The predicted molar refractivity (Wildman–Crippen MR) is 71.7 cm³/mol. The Labute approximate surface area is 113 Å². The minimum Gasteiger partial charge on any atom is -0.384 e. The first kappa shape index (κ1) is 12.8. The molecule has 94 valence electrons. The molecule has 2 aromatic rings. The summed E-state index contributed by atoms with van der Waals surface area (Å²) in [4.78, 5) is 20.0. The largest absolute Gasteiger partial charge is 0.384 e. The van der Waals surface area contributed by atoms with Crippen molar-refractivity contribution in [3.8, 4) is 0 Å². The molecule has 0 aromatic carbocycles. The van der Waals surface area contributed by atoms with Crippen molar-refractivity contribution in [1.82, 2.24) is 15.3 Å². The molecule has 0 radical (unpaired) electrons. The lowest BCUT2D eigenvalue weighted by Crippen LogP contribution is -2.27. The molecular formula is C11H11ClN4OS. The van der Waals surface area contributed by atoms with Gasteiger partial charge in [-0.1, -0.05) is 11.6 Å². The van der Waals surface area contributed by atoms with Crippen molar-refractivity contribution in [1.29, 1.82) is 0 Å². The molecule has 5 nitrogen and oxygen atoms in total. The van der Waals surface area contributed by atoms with Crippen LogP contribution in [0.15, 0.2) is 23.7 Å². The number of rotatable bonds is 3. The zero-order chi connectivity index (χ0) is 13.1. The summed E-state index contributed by atoms with van der Waals surface area (Å²) in [7, 11) is 0. The number of pyridine rings is 1. The Hall–Kier alpha value is -1.66. The minimum atomic E-state index is -0.366. The Bertz CT molecular complexity index is 558. The highest BCUT2D eigenvalue weighted by molar-refractivity contribution is 7.09. The molecule has 0 spiro atoms. The van der Waals surface area contributed by atoms with Gasteiger partial charge in [0.2, 0.25) is 0 Å². The number of thiazole rings is 1. The summed E-state index contributed by atoms with van der Waals surface area (Å²) < 4.78 is 0. The first-order valence-corrected chi connectivity index (χ1v) is 6.46. The van der Waals surface area contributed by atoms with Gasteiger partial charge in [-0.3, -0.25) is 4.79 Å². The van der Waals surface area contributed by atoms with Crippen LogP contribution in [0.2, 0.25) is 5.02 Å². The van der Waals surface area contributed by atoms with E-state index in [2.05, 4.69) is 15.3 Å². The summed E-state index contributed by atoms with van der Waals surface area (Å²) in [5.74, 6) is -0.110. The van der Waals surface area contributed by atoms with Crippen molar-refractivity contribution >= 4 is 34.7 Å². The Morgan fingerprint density at radius 3 is 3.00 bits per heavy atom. The first-order chi connectivity index (χ1) is 8.58. The maximum Gasteiger partial charge on any atom is 0.272 e. The van der Waals surface area contributed by atoms with E-state index in [4.69, 9.17) is 17.3 Å². The van der Waals surface area contributed by atoms with E-state index >= 15 is 0 Å². The summed E-state index contributed by atoms with van der Waals surface area (Å²) in [6, 6.07) is 2.90. The van der Waals surface area contributed by atoms with E-state index in [1.807, 2.05) is 12.3 Å². The zero-order valence-electron chi connectivity index (χ0n) is 9.55. The second-order valence-electron chi connectivity index (χ2n) is 3.63. The topological polar surface area (TPSA) is 80.9 Å². The van der Waals surface area contributed by atoms with Crippen molar-refractivity contribution in [2.75, 3.05) is 5.73 Å². The van der Waals surface area contributed by atoms with Crippen molar-refractivity contribution in [3.05, 3.63) is 39.4 Å². The molecule has 0 saturated heterocycles. The fourth-order valence-electron chi connectivity index (χ4n) is 1.39. The second-order valence-corrected chi connectivity index (χ2v) is 4.97. The van der Waals surface area contributed by atoms with Gasteiger partial charge in [0.05, 0.1) is 11.1 Å². The maximum atomic E-state index is 12.0. The highest BCUT2D eigenvalue weighted by Crippen LogP contribution is 2.18. The molecule has 1 unspecified atom stereocenters. The van der Waals surface area contributed by atoms with E-state index in [-0.39, 0.29) is 28.5 Å². The molecule has 2 rings (SSSR count). The number of carbonyl (C=O) groups excluding carboxylic acids is 1. The first-order valence-electron chi connectivity index (χ1n) is 5.20. The molecule has 0 saturated carbocycles. The molecule has 1 amide bonds. The quantitative estimate of drug-likeness (QED) is 0.905. The van der Waals surface area contributed by atoms with Gasteiger partial charge in [0.25, 0.3) is 5.91 Å². The smallest absolute Gasteiger partial charge is 0.272 e. The molecule has 2 aromatic heterocycles. The summed E-state index contributed by atoms with van der Waals surface area (Å²) >= 11 is 7.38. The van der Waals surface area contributed by atoms with Gasteiger partial charge in [0, 0.05) is 11.6 Å². The number of hydrogen-bond donors (Lipinski definition) is 2. The molecule has 18 heavy (non-hydrogen) atoms. The van der Waals surface area contributed by atoms with Crippen molar-refractivity contribution in [2.45, 2.75) is 13.0 Å². The van der Waals surface area contributed by atoms with Crippen molar-refractivity contribution < 1.29 is 4.79 Å². The monoisotopic (exact) mass is 282 g/mol. The van der Waals surface area contributed by atoms with Crippen molar-refractivity contribution in [3.63, 3.8) is 0 Å². The normalized spacial score (nSPS) is 12.1. The van der Waals surface area contributed by atoms with Crippen LogP contribution in [-0.4, -0.2) is 15.9 Å². The molecule has 0 aliphatic carbocycles. The summed E-state index contributed by atoms with van der Waals surface area (Å²) in [6.07, 6.45) is 1.69. The number of nitrogen functional groups attached to an aromatic ring is 1. The van der Waals surface area contributed by atoms with Gasteiger partial charge in [-0.15, -0.1) is 11.3 Å². The molecule has 3 N–H and O–H groups in total. The summed E-state index contributed by atoms with van der Waals surface area (Å²) in [5, 5.41) is 5.72. The van der Waals surface area contributed by atoms with E-state index in [0.29, 0.717) is 0 Å². The lowest BCUT2D eigenvalue weighted by atomic mass is 10.3. The van der Waals surface area contributed by atoms with E-state index in [1.54, 1.807) is 18.3 Å². The second kappa shape index (κ2) is 5.32.